The highest BCUT2D eigenvalue weighted by molar-refractivity contribution is 8.00. The normalized spacial score (nSPS) is 11.4. The number of hydrogen-bond donors (Lipinski definition) is 2. The van der Waals surface area contributed by atoms with Gasteiger partial charge in [0.2, 0.25) is 5.91 Å². The zero-order valence-electron chi connectivity index (χ0n) is 10.7. The number of carbonyl (C=O) groups is 2. The summed E-state index contributed by atoms with van der Waals surface area (Å²) >= 11 is 7.10. The fraction of sp³-hybridized carbons (Fsp3) is 0.308. The van der Waals surface area contributed by atoms with E-state index in [0.29, 0.717) is 17.0 Å². The largest absolute Gasteiger partial charge is 0.481 e. The summed E-state index contributed by atoms with van der Waals surface area (Å²) in [5, 5.41) is 20.3. The van der Waals surface area contributed by atoms with Gasteiger partial charge >= 0.3 is 5.97 Å². The lowest BCUT2D eigenvalue weighted by atomic mass is 10.2. The van der Waals surface area contributed by atoms with Crippen molar-refractivity contribution in [2.75, 3.05) is 16.8 Å². The Bertz CT molecular complexity index is 557. The Morgan fingerprint density at radius 2 is 2.25 bits per heavy atom. The van der Waals surface area contributed by atoms with Crippen molar-refractivity contribution in [3.05, 3.63) is 28.8 Å². The highest BCUT2D eigenvalue weighted by Gasteiger charge is 2.12. The summed E-state index contributed by atoms with van der Waals surface area (Å²) in [4.78, 5) is 22.3. The van der Waals surface area contributed by atoms with Gasteiger partial charge in [-0.05, 0) is 18.2 Å². The second-order valence-electron chi connectivity index (χ2n) is 4.11. The van der Waals surface area contributed by atoms with Gasteiger partial charge in [0.1, 0.15) is 6.07 Å². The minimum atomic E-state index is -0.878. The molecule has 0 spiro atoms. The first kappa shape index (κ1) is 16.3. The zero-order valence-corrected chi connectivity index (χ0v) is 12.3. The predicted octanol–water partition coefficient (Wildman–Crippen LogP) is 2.60. The number of carbonyl (C=O) groups excluding carboxylic acids is 1. The number of thioether (sulfide) groups is 1. The summed E-state index contributed by atoms with van der Waals surface area (Å²) in [6, 6.07) is 6.55. The van der Waals surface area contributed by atoms with Gasteiger partial charge in [0.25, 0.3) is 0 Å². The highest BCUT2D eigenvalue weighted by Crippen LogP contribution is 2.20. The van der Waals surface area contributed by atoms with Crippen LogP contribution in [0.15, 0.2) is 18.2 Å². The van der Waals surface area contributed by atoms with Crippen molar-refractivity contribution in [3.63, 3.8) is 0 Å². The summed E-state index contributed by atoms with van der Waals surface area (Å²) < 4.78 is 0. The number of anilines is 1. The topological polar surface area (TPSA) is 90.2 Å². The van der Waals surface area contributed by atoms with Gasteiger partial charge in [-0.2, -0.15) is 17.0 Å². The van der Waals surface area contributed by atoms with Crippen molar-refractivity contribution >= 4 is 40.9 Å². The van der Waals surface area contributed by atoms with Crippen molar-refractivity contribution in [2.45, 2.75) is 6.92 Å². The van der Waals surface area contributed by atoms with E-state index in [1.165, 1.54) is 23.9 Å². The van der Waals surface area contributed by atoms with Crippen molar-refractivity contribution < 1.29 is 14.7 Å². The predicted molar refractivity (Wildman–Crippen MR) is 78.9 cm³/mol. The Labute approximate surface area is 125 Å². The summed E-state index contributed by atoms with van der Waals surface area (Å²) in [6.45, 7) is 1.59. The molecule has 0 fully saturated rings. The molecule has 1 atom stereocenters. The van der Waals surface area contributed by atoms with E-state index >= 15 is 0 Å². The van der Waals surface area contributed by atoms with E-state index in [2.05, 4.69) is 5.32 Å². The molecular weight excluding hydrogens is 300 g/mol. The number of carboxylic acid groups (broad SMARTS) is 1. The molecule has 0 saturated heterocycles. The Hall–Kier alpha value is -1.71. The lowest BCUT2D eigenvalue weighted by Crippen LogP contribution is -2.17. The first-order valence-electron chi connectivity index (χ1n) is 5.74. The molecule has 106 valence electrons. The Kier molecular flexibility index (Phi) is 6.36. The van der Waals surface area contributed by atoms with Crippen LogP contribution in [0.3, 0.4) is 0 Å². The smallest absolute Gasteiger partial charge is 0.307 e. The molecule has 7 heteroatoms. The van der Waals surface area contributed by atoms with Gasteiger partial charge in [0.15, 0.2) is 0 Å². The number of nitriles is 1. The van der Waals surface area contributed by atoms with Crippen LogP contribution in [0.25, 0.3) is 0 Å². The van der Waals surface area contributed by atoms with Crippen LogP contribution in [0.1, 0.15) is 12.5 Å². The molecule has 0 bridgehead atoms. The van der Waals surface area contributed by atoms with E-state index in [4.69, 9.17) is 22.0 Å². The van der Waals surface area contributed by atoms with Crippen molar-refractivity contribution in [2.24, 2.45) is 5.92 Å². The SMILES string of the molecule is CC(CSCC(=O)Nc1ccc(C#N)c(Cl)c1)C(=O)O. The molecule has 2 N–H and O–H groups in total. The monoisotopic (exact) mass is 312 g/mol. The summed E-state index contributed by atoms with van der Waals surface area (Å²) in [5.41, 5.74) is 0.847. The minimum absolute atomic E-state index is 0.162. The molecule has 1 aromatic rings. The zero-order chi connectivity index (χ0) is 15.1. The molecule has 0 saturated carbocycles. The number of hydrogen-bond acceptors (Lipinski definition) is 4. The number of halogens is 1. The average Bonchev–Trinajstić information content (AvgIpc) is 2.38. The molecule has 1 unspecified atom stereocenters. The van der Waals surface area contributed by atoms with Crippen LogP contribution < -0.4 is 5.32 Å². The van der Waals surface area contributed by atoms with Gasteiger partial charge in [-0.25, -0.2) is 0 Å². The van der Waals surface area contributed by atoms with Crippen LogP contribution in [0.4, 0.5) is 5.69 Å². The molecule has 0 aliphatic rings. The molecule has 1 aromatic carbocycles. The highest BCUT2D eigenvalue weighted by atomic mass is 35.5. The number of nitrogens with zero attached hydrogens (tertiary/aromatic N) is 1. The second-order valence-corrected chi connectivity index (χ2v) is 5.55. The van der Waals surface area contributed by atoms with Crippen molar-refractivity contribution in [1.29, 1.82) is 5.26 Å². The molecule has 20 heavy (non-hydrogen) atoms. The molecule has 0 aromatic heterocycles. The van der Waals surface area contributed by atoms with Gasteiger partial charge in [0.05, 0.1) is 22.3 Å². The fourth-order valence-corrected chi connectivity index (χ4v) is 2.37. The molecule has 1 amide bonds. The first-order chi connectivity index (χ1) is 9.43. The molecular formula is C13H13ClN2O3S. The standard InChI is InChI=1S/C13H13ClN2O3S/c1-8(13(18)19)6-20-7-12(17)16-10-3-2-9(5-15)11(14)4-10/h2-4,8H,6-7H2,1H3,(H,16,17)(H,18,19). The van der Waals surface area contributed by atoms with E-state index in [1.54, 1.807) is 13.0 Å². The number of benzene rings is 1. The van der Waals surface area contributed by atoms with E-state index in [1.807, 2.05) is 6.07 Å². The van der Waals surface area contributed by atoms with E-state index in [-0.39, 0.29) is 16.7 Å². The van der Waals surface area contributed by atoms with Gasteiger partial charge in [-0.15, -0.1) is 0 Å². The quantitative estimate of drug-likeness (QED) is 0.842. The van der Waals surface area contributed by atoms with Gasteiger partial charge in [-0.1, -0.05) is 18.5 Å². The molecule has 0 aliphatic carbocycles. The number of rotatable bonds is 6. The third-order valence-electron chi connectivity index (χ3n) is 2.40. The van der Waals surface area contributed by atoms with Crippen molar-refractivity contribution in [1.82, 2.24) is 0 Å². The third-order valence-corrected chi connectivity index (χ3v) is 3.91. The Balaban J connectivity index is 2.45. The van der Waals surface area contributed by atoms with Crippen LogP contribution in [-0.4, -0.2) is 28.5 Å². The van der Waals surface area contributed by atoms with E-state index < -0.39 is 11.9 Å². The molecule has 0 heterocycles. The minimum Gasteiger partial charge on any atom is -0.481 e. The van der Waals surface area contributed by atoms with Crippen molar-refractivity contribution in [3.8, 4) is 6.07 Å². The molecule has 5 nitrogen and oxygen atoms in total. The van der Waals surface area contributed by atoms with Crippen LogP contribution in [-0.2, 0) is 9.59 Å². The van der Waals surface area contributed by atoms with E-state index in [0.717, 1.165) is 0 Å². The summed E-state index contributed by atoms with van der Waals surface area (Å²) in [5.74, 6) is -1.08. The van der Waals surface area contributed by atoms with Crippen LogP contribution in [0.2, 0.25) is 5.02 Å². The Morgan fingerprint density at radius 3 is 2.80 bits per heavy atom. The maximum Gasteiger partial charge on any atom is 0.307 e. The Morgan fingerprint density at radius 1 is 1.55 bits per heavy atom. The fourth-order valence-electron chi connectivity index (χ4n) is 1.28. The van der Waals surface area contributed by atoms with Crippen LogP contribution >= 0.6 is 23.4 Å². The first-order valence-corrected chi connectivity index (χ1v) is 7.27. The second kappa shape index (κ2) is 7.78. The molecule has 0 aliphatic heterocycles. The van der Waals surface area contributed by atoms with Crippen LogP contribution in [0.5, 0.6) is 0 Å². The summed E-state index contributed by atoms with van der Waals surface area (Å²) in [6.07, 6.45) is 0. The lowest BCUT2D eigenvalue weighted by Gasteiger charge is -2.07. The lowest BCUT2D eigenvalue weighted by molar-refractivity contribution is -0.140. The maximum absolute atomic E-state index is 11.6. The number of aliphatic carboxylic acids is 1. The van der Waals surface area contributed by atoms with Crippen LogP contribution in [0, 0.1) is 17.2 Å². The molecule has 0 radical (unpaired) electrons. The third kappa shape index (κ3) is 5.11. The van der Waals surface area contributed by atoms with Gasteiger partial charge < -0.3 is 10.4 Å². The average molecular weight is 313 g/mol. The molecule has 1 rings (SSSR count). The van der Waals surface area contributed by atoms with Gasteiger partial charge in [0, 0.05) is 11.4 Å². The number of amides is 1. The summed E-state index contributed by atoms with van der Waals surface area (Å²) in [7, 11) is 0. The van der Waals surface area contributed by atoms with E-state index in [9.17, 15) is 9.59 Å². The number of carboxylic acids is 1. The number of nitrogens with one attached hydrogen (secondary N) is 1. The van der Waals surface area contributed by atoms with Gasteiger partial charge in [-0.3, -0.25) is 9.59 Å². The maximum atomic E-state index is 11.6.